The van der Waals surface area contributed by atoms with Crippen LogP contribution in [0.4, 0.5) is 0 Å². The number of methoxy groups -OCH3 is 2. The van der Waals surface area contributed by atoms with Gasteiger partial charge in [0.2, 0.25) is 17.7 Å². The van der Waals surface area contributed by atoms with E-state index in [4.69, 9.17) is 9.47 Å². The summed E-state index contributed by atoms with van der Waals surface area (Å²) in [6.07, 6.45) is 3.92. The van der Waals surface area contributed by atoms with Crippen molar-refractivity contribution in [2.75, 3.05) is 47.4 Å². The van der Waals surface area contributed by atoms with E-state index >= 15 is 0 Å². The lowest BCUT2D eigenvalue weighted by Crippen LogP contribution is -2.60. The van der Waals surface area contributed by atoms with Crippen LogP contribution >= 0.6 is 0 Å². The molecule has 2 heterocycles. The van der Waals surface area contributed by atoms with E-state index in [1.54, 1.807) is 26.2 Å². The molecular weight excluding hydrogens is 668 g/mol. The Morgan fingerprint density at radius 2 is 1.60 bits per heavy atom. The molecule has 53 heavy (non-hydrogen) atoms. The zero-order chi connectivity index (χ0) is 39.5. The van der Waals surface area contributed by atoms with E-state index in [0.717, 1.165) is 38.6 Å². The molecule has 0 spiro atoms. The monoisotopic (exact) mass is 741 g/mol. The molecule has 2 fully saturated rings. The Balaban J connectivity index is 1.75. The Morgan fingerprint density at radius 1 is 0.925 bits per heavy atom. The number of amides is 3. The highest BCUT2D eigenvalue weighted by atomic mass is 16.5. The summed E-state index contributed by atoms with van der Waals surface area (Å²) in [6, 6.07) is 9.72. The summed E-state index contributed by atoms with van der Waals surface area (Å²) in [5.74, 6) is -0.602. The number of rotatable bonds is 20. The smallest absolute Gasteiger partial charge is 0.226 e. The van der Waals surface area contributed by atoms with Gasteiger partial charge in [-0.3, -0.25) is 19.2 Å². The van der Waals surface area contributed by atoms with Gasteiger partial charge in [-0.15, -0.1) is 0 Å². The van der Waals surface area contributed by atoms with E-state index in [0.29, 0.717) is 26.1 Å². The van der Waals surface area contributed by atoms with Crippen molar-refractivity contribution in [1.82, 2.24) is 20.0 Å². The second kappa shape index (κ2) is 20.7. The molecule has 1 aromatic rings. The Morgan fingerprint density at radius 3 is 2.17 bits per heavy atom. The van der Waals surface area contributed by atoms with Crippen molar-refractivity contribution in [2.24, 2.45) is 29.6 Å². The number of likely N-dealkylation sites (N-methyl/N-ethyl adjacent to an activating group) is 1. The van der Waals surface area contributed by atoms with Gasteiger partial charge in [-0.05, 0) is 56.4 Å². The van der Waals surface area contributed by atoms with Gasteiger partial charge in [0.05, 0.1) is 30.7 Å². The third-order valence-corrected chi connectivity index (χ3v) is 12.4. The molecule has 300 valence electrons. The number of hydrogen-bond donors (Lipinski definition) is 1. The van der Waals surface area contributed by atoms with Crippen LogP contribution in [0.15, 0.2) is 30.3 Å². The predicted molar refractivity (Wildman–Crippen MR) is 211 cm³/mol. The summed E-state index contributed by atoms with van der Waals surface area (Å²) in [6.45, 7) is 19.0. The van der Waals surface area contributed by atoms with Gasteiger partial charge in [-0.2, -0.15) is 0 Å². The van der Waals surface area contributed by atoms with Crippen LogP contribution in [0.2, 0.25) is 0 Å². The maximum Gasteiger partial charge on any atom is 0.226 e. The summed E-state index contributed by atoms with van der Waals surface area (Å²) >= 11 is 0. The molecule has 1 N–H and O–H groups in total. The quantitative estimate of drug-likeness (QED) is 0.175. The summed E-state index contributed by atoms with van der Waals surface area (Å²) in [5.41, 5.74) is 0.909. The number of likely N-dealkylation sites (tertiary alicyclic amines) is 1. The fraction of sp³-hybridized carbons (Fsp3) is 0.767. The molecular formula is C43H72N4O6. The first-order chi connectivity index (χ1) is 25.1. The second-order valence-electron chi connectivity index (χ2n) is 16.8. The van der Waals surface area contributed by atoms with Gasteiger partial charge < -0.3 is 29.5 Å². The van der Waals surface area contributed by atoms with E-state index in [1.807, 2.05) is 48.8 Å². The number of carbonyl (C=O) groups is 4. The predicted octanol–water partition coefficient (Wildman–Crippen LogP) is 6.01. The highest BCUT2D eigenvalue weighted by molar-refractivity contribution is 5.87. The number of hydrogen-bond acceptors (Lipinski definition) is 7. The van der Waals surface area contributed by atoms with Gasteiger partial charge in [0.15, 0.2) is 0 Å². The van der Waals surface area contributed by atoms with Crippen molar-refractivity contribution in [3.05, 3.63) is 35.9 Å². The largest absolute Gasteiger partial charge is 0.379 e. The van der Waals surface area contributed by atoms with Gasteiger partial charge in [0, 0.05) is 77.7 Å². The number of ether oxygens (including phenoxy) is 2. The zero-order valence-electron chi connectivity index (χ0n) is 34.9. The Bertz CT molecular complexity index is 1320. The minimum atomic E-state index is -0.549. The lowest BCUT2D eigenvalue weighted by molar-refractivity contribution is -0.151. The number of Topliss-reactive ketones (excluding diaryl/α,β-unsaturated/α-hetero) is 1. The van der Waals surface area contributed by atoms with Crippen LogP contribution in [-0.4, -0.2) is 115 Å². The summed E-state index contributed by atoms with van der Waals surface area (Å²) in [7, 11) is 5.06. The highest BCUT2D eigenvalue weighted by Crippen LogP contribution is 2.32. The molecule has 0 unspecified atom stereocenters. The van der Waals surface area contributed by atoms with Gasteiger partial charge in [-0.1, -0.05) is 84.7 Å². The molecule has 0 aromatic heterocycles. The maximum absolute atomic E-state index is 14.4. The minimum Gasteiger partial charge on any atom is -0.379 e. The van der Waals surface area contributed by atoms with Crippen molar-refractivity contribution < 1.29 is 28.7 Å². The number of nitrogens with one attached hydrogen (secondary N) is 1. The lowest BCUT2D eigenvalue weighted by atomic mass is 9.84. The average molecular weight is 741 g/mol. The molecule has 0 radical (unpaired) electrons. The third kappa shape index (κ3) is 11.6. The lowest BCUT2D eigenvalue weighted by Gasteiger charge is -2.44. The first-order valence-electron chi connectivity index (χ1n) is 20.3. The number of ketones is 1. The maximum atomic E-state index is 14.4. The van der Waals surface area contributed by atoms with Crippen LogP contribution in [-0.2, 0) is 35.1 Å². The van der Waals surface area contributed by atoms with E-state index in [1.165, 1.54) is 5.56 Å². The molecule has 1 aromatic carbocycles. The zero-order valence-corrected chi connectivity index (χ0v) is 34.9. The van der Waals surface area contributed by atoms with Gasteiger partial charge in [0.1, 0.15) is 5.78 Å². The fourth-order valence-electron chi connectivity index (χ4n) is 8.73. The first kappa shape index (κ1) is 44.6. The molecule has 2 saturated heterocycles. The number of benzene rings is 1. The Hall–Kier alpha value is -2.82. The van der Waals surface area contributed by atoms with Crippen molar-refractivity contribution in [3.63, 3.8) is 0 Å². The summed E-state index contributed by atoms with van der Waals surface area (Å²) in [4.78, 5) is 61.5. The van der Waals surface area contributed by atoms with Gasteiger partial charge in [-0.25, -0.2) is 0 Å². The minimum absolute atomic E-state index is 0.00241. The van der Waals surface area contributed by atoms with Gasteiger partial charge >= 0.3 is 0 Å². The molecule has 2 aliphatic heterocycles. The average Bonchev–Trinajstić information content (AvgIpc) is 3.62. The molecule has 0 aliphatic carbocycles. The van der Waals surface area contributed by atoms with Crippen LogP contribution in [0.1, 0.15) is 106 Å². The molecule has 10 nitrogen and oxygen atoms in total. The third-order valence-electron chi connectivity index (χ3n) is 12.4. The van der Waals surface area contributed by atoms with Crippen LogP contribution in [0.3, 0.4) is 0 Å². The summed E-state index contributed by atoms with van der Waals surface area (Å²) in [5, 5.41) is 3.37. The van der Waals surface area contributed by atoms with Crippen molar-refractivity contribution in [3.8, 4) is 0 Å². The molecule has 3 amide bonds. The number of piperazine rings is 1. The van der Waals surface area contributed by atoms with E-state index < -0.39 is 18.1 Å². The molecule has 10 heteroatoms. The normalized spacial score (nSPS) is 21.4. The topological polar surface area (TPSA) is 108 Å². The molecule has 8 atom stereocenters. The molecule has 0 saturated carbocycles. The van der Waals surface area contributed by atoms with Crippen LogP contribution < -0.4 is 5.32 Å². The van der Waals surface area contributed by atoms with Crippen molar-refractivity contribution in [2.45, 2.75) is 137 Å². The Labute approximate surface area is 321 Å². The second-order valence-corrected chi connectivity index (χ2v) is 16.8. The van der Waals surface area contributed by atoms with Crippen molar-refractivity contribution >= 4 is 23.5 Å². The van der Waals surface area contributed by atoms with Crippen LogP contribution in [0.5, 0.6) is 0 Å². The highest BCUT2D eigenvalue weighted by Gasteiger charge is 2.43. The Kier molecular flexibility index (Phi) is 17.4. The van der Waals surface area contributed by atoms with Gasteiger partial charge in [0.25, 0.3) is 0 Å². The number of nitrogens with zero attached hydrogens (tertiary/aromatic N) is 3. The number of carbonyl (C=O) groups excluding carboxylic acids is 4. The first-order valence-corrected chi connectivity index (χ1v) is 20.3. The van der Waals surface area contributed by atoms with Crippen LogP contribution in [0.25, 0.3) is 0 Å². The van der Waals surface area contributed by atoms with E-state index in [2.05, 4.69) is 52.1 Å². The molecule has 0 bridgehead atoms. The molecule has 3 rings (SSSR count). The summed E-state index contributed by atoms with van der Waals surface area (Å²) < 4.78 is 12.1. The van der Waals surface area contributed by atoms with E-state index in [9.17, 15) is 19.2 Å². The molecule has 2 aliphatic rings. The van der Waals surface area contributed by atoms with E-state index in [-0.39, 0.29) is 77.6 Å². The van der Waals surface area contributed by atoms with Crippen molar-refractivity contribution in [1.29, 1.82) is 0 Å². The fourth-order valence-corrected chi connectivity index (χ4v) is 8.73. The SMILES string of the molecule is CC[C@@H](CC(=O)[C@H](C)[C@@H](OC)[C@@H]1CCCN1C(=O)C[C@@H](OC)[C@H]([C@@H](C)CC)N(C)C(=O)[C@@H](CC(=O)N1CCNCC1(C)C)C(C)C)Cc1ccccc1. The van der Waals surface area contributed by atoms with Crippen LogP contribution in [0, 0.1) is 29.6 Å². The standard InChI is InChI=1S/C43H72N4O6/c1-12-30(5)40(45(9)42(51)34(29(3)4)26-39(50)47-23-21-44-28-43(47,7)8)37(52-10)27-38(49)46-22-17-20-35(46)41(53-11)31(6)36(48)25-32(13-2)24-33-18-15-14-16-19-33/h14-16,18-19,29-32,34-35,37,40-41,44H,12-13,17,20-28H2,1-11H3/t30-,31-,32+,34-,35-,37+,40-,41+/m0/s1.